The molecule has 2 rings (SSSR count). The number of hydrogen-bond donors (Lipinski definition) is 3. The molecule has 0 saturated carbocycles. The summed E-state index contributed by atoms with van der Waals surface area (Å²) in [5.41, 5.74) is 0.718. The fraction of sp³-hybridized carbons (Fsp3) is 0.455. The predicted molar refractivity (Wildman–Crippen MR) is 73.6 cm³/mol. The van der Waals surface area contributed by atoms with Gasteiger partial charge < -0.3 is 10.2 Å². The van der Waals surface area contributed by atoms with Crippen molar-refractivity contribution in [1.29, 1.82) is 0 Å². The van der Waals surface area contributed by atoms with Crippen LogP contribution in [0.2, 0.25) is 0 Å². The van der Waals surface area contributed by atoms with Crippen molar-refractivity contribution in [3.05, 3.63) is 24.0 Å². The normalized spacial score (nSPS) is 19.7. The zero-order valence-corrected chi connectivity index (χ0v) is 11.1. The lowest BCUT2D eigenvalue weighted by atomic mass is 10.2. The third-order valence-corrected chi connectivity index (χ3v) is 4.48. The number of thiol groups is 2. The average Bonchev–Trinajstić information content (AvgIpc) is 2.30. The molecular formula is C11H17FN2S2. The van der Waals surface area contributed by atoms with Crippen LogP contribution in [0.25, 0.3) is 0 Å². The summed E-state index contributed by atoms with van der Waals surface area (Å²) in [4.78, 5) is 3.08. The van der Waals surface area contributed by atoms with Gasteiger partial charge in [-0.2, -0.15) is 9.93 Å². The number of nitrogens with one attached hydrogen (secondary N) is 1. The first-order chi connectivity index (χ1) is 7.68. The van der Waals surface area contributed by atoms with Crippen LogP contribution >= 0.6 is 21.6 Å². The van der Waals surface area contributed by atoms with E-state index in [1.165, 1.54) is 0 Å². The molecule has 1 atom stereocenters. The van der Waals surface area contributed by atoms with Crippen LogP contribution in [0.15, 0.2) is 23.1 Å². The fourth-order valence-electron chi connectivity index (χ4n) is 1.86. The van der Waals surface area contributed by atoms with Crippen LogP contribution in [-0.2, 0) is 0 Å². The third kappa shape index (κ3) is 2.64. The monoisotopic (exact) mass is 260 g/mol. The van der Waals surface area contributed by atoms with Crippen LogP contribution in [0.3, 0.4) is 0 Å². The molecule has 1 saturated heterocycles. The number of nitrogens with zero attached hydrogens (tertiary/aromatic N) is 1. The van der Waals surface area contributed by atoms with E-state index in [2.05, 4.69) is 21.9 Å². The quantitative estimate of drug-likeness (QED) is 0.557. The van der Waals surface area contributed by atoms with Crippen molar-refractivity contribution in [3.63, 3.8) is 0 Å². The molecule has 2 nitrogen and oxygen atoms in total. The van der Waals surface area contributed by atoms with Crippen molar-refractivity contribution in [2.75, 3.05) is 37.3 Å². The molecule has 0 radical (unpaired) electrons. The lowest BCUT2D eigenvalue weighted by Crippen LogP contribution is -2.43. The van der Waals surface area contributed by atoms with E-state index in [0.29, 0.717) is 0 Å². The molecule has 0 aromatic heterocycles. The van der Waals surface area contributed by atoms with Gasteiger partial charge in [-0.3, -0.25) is 0 Å². The Bertz CT molecular complexity index is 365. The highest BCUT2D eigenvalue weighted by atomic mass is 33.1. The zero-order valence-electron chi connectivity index (χ0n) is 9.28. The molecule has 1 heterocycles. The zero-order chi connectivity index (χ0) is 11.5. The average molecular weight is 260 g/mol. The molecule has 0 aliphatic carbocycles. The first-order valence-electron chi connectivity index (χ1n) is 5.36. The van der Waals surface area contributed by atoms with Gasteiger partial charge in [-0.15, -0.1) is 11.7 Å². The van der Waals surface area contributed by atoms with Crippen LogP contribution in [0, 0.1) is 5.82 Å². The molecule has 1 N–H and O–H groups in total. The second-order valence-corrected chi connectivity index (χ2v) is 7.26. The molecule has 5 heteroatoms. The summed E-state index contributed by atoms with van der Waals surface area (Å²) in [6.45, 7) is 3.60. The van der Waals surface area contributed by atoms with Gasteiger partial charge in [0, 0.05) is 26.2 Å². The van der Waals surface area contributed by atoms with Gasteiger partial charge in [-0.25, -0.2) is 4.39 Å². The molecule has 0 amide bonds. The van der Waals surface area contributed by atoms with E-state index in [-0.39, 0.29) is 5.82 Å². The highest BCUT2D eigenvalue weighted by molar-refractivity contribution is 8.77. The molecule has 1 unspecified atom stereocenters. The maximum atomic E-state index is 13.9. The first kappa shape index (κ1) is 12.1. The molecule has 1 aromatic rings. The van der Waals surface area contributed by atoms with Crippen molar-refractivity contribution in [2.45, 2.75) is 4.90 Å². The first-order valence-corrected chi connectivity index (χ1v) is 8.30. The molecule has 90 valence electrons. The summed E-state index contributed by atoms with van der Waals surface area (Å²) < 4.78 is 13.9. The second-order valence-electron chi connectivity index (χ2n) is 3.90. The van der Waals surface area contributed by atoms with Crippen molar-refractivity contribution in [3.8, 4) is 0 Å². The van der Waals surface area contributed by atoms with E-state index in [0.717, 1.165) is 36.8 Å². The SMILES string of the molecule is C[SH](S)c1ccc(N2CCNCC2)c(F)c1. The standard InChI is InChI=1S/C11H17FN2S2/c1-16(15)9-2-3-11(10(12)8-9)14-6-4-13-5-7-14/h2-3,8,13,15-16H,4-7H2,1H3. The third-order valence-electron chi connectivity index (χ3n) is 2.76. The maximum absolute atomic E-state index is 13.9. The summed E-state index contributed by atoms with van der Waals surface area (Å²) in [6.07, 6.45) is 2.01. The van der Waals surface area contributed by atoms with Crippen molar-refractivity contribution in [1.82, 2.24) is 5.32 Å². The van der Waals surface area contributed by atoms with Crippen molar-refractivity contribution in [2.24, 2.45) is 0 Å². The molecule has 16 heavy (non-hydrogen) atoms. The molecule has 1 aliphatic rings. The van der Waals surface area contributed by atoms with Crippen molar-refractivity contribution < 1.29 is 4.39 Å². The minimum absolute atomic E-state index is 0.122. The minimum atomic E-state index is -0.518. The van der Waals surface area contributed by atoms with Gasteiger partial charge in [0.15, 0.2) is 0 Å². The Morgan fingerprint density at radius 1 is 1.38 bits per heavy atom. The number of halogens is 1. The van der Waals surface area contributed by atoms with Gasteiger partial charge in [0.1, 0.15) is 5.82 Å². The number of anilines is 1. The van der Waals surface area contributed by atoms with Crippen LogP contribution in [0.1, 0.15) is 0 Å². The van der Waals surface area contributed by atoms with Crippen LogP contribution in [0.5, 0.6) is 0 Å². The van der Waals surface area contributed by atoms with E-state index >= 15 is 0 Å². The number of rotatable bonds is 2. The maximum Gasteiger partial charge on any atom is 0.147 e. The summed E-state index contributed by atoms with van der Waals surface area (Å²) in [6, 6.07) is 5.49. The minimum Gasteiger partial charge on any atom is -0.367 e. The van der Waals surface area contributed by atoms with E-state index in [4.69, 9.17) is 0 Å². The predicted octanol–water partition coefficient (Wildman–Crippen LogP) is 2.07. The largest absolute Gasteiger partial charge is 0.367 e. The van der Waals surface area contributed by atoms with E-state index < -0.39 is 9.93 Å². The Hall–Kier alpha value is -0.390. The summed E-state index contributed by atoms with van der Waals surface area (Å²) in [7, 11) is -0.518. The van der Waals surface area contributed by atoms with Gasteiger partial charge in [0.05, 0.1) is 5.69 Å². The van der Waals surface area contributed by atoms with Gasteiger partial charge in [-0.1, -0.05) is 0 Å². The molecule has 1 aromatic carbocycles. The fourth-order valence-corrected chi connectivity index (χ4v) is 2.82. The Balaban J connectivity index is 2.21. The Kier molecular flexibility index (Phi) is 4.00. The Morgan fingerprint density at radius 3 is 2.62 bits per heavy atom. The van der Waals surface area contributed by atoms with Crippen LogP contribution in [0.4, 0.5) is 10.1 Å². The Morgan fingerprint density at radius 2 is 2.06 bits per heavy atom. The summed E-state index contributed by atoms with van der Waals surface area (Å²) in [5, 5.41) is 3.26. The molecule has 1 aliphatic heterocycles. The van der Waals surface area contributed by atoms with Gasteiger partial charge in [-0.05, 0) is 29.4 Å². The Labute approximate surface area is 103 Å². The number of piperazine rings is 1. The second kappa shape index (κ2) is 5.29. The smallest absolute Gasteiger partial charge is 0.147 e. The van der Waals surface area contributed by atoms with Gasteiger partial charge in [0.25, 0.3) is 0 Å². The molecule has 0 bridgehead atoms. The molecule has 1 fully saturated rings. The highest BCUT2D eigenvalue weighted by Gasteiger charge is 2.14. The van der Waals surface area contributed by atoms with Crippen LogP contribution < -0.4 is 10.2 Å². The van der Waals surface area contributed by atoms with Crippen LogP contribution in [-0.4, -0.2) is 32.4 Å². The lowest BCUT2D eigenvalue weighted by Gasteiger charge is -2.30. The summed E-state index contributed by atoms with van der Waals surface area (Å²) in [5.74, 6) is -0.122. The molecular weight excluding hydrogens is 243 g/mol. The van der Waals surface area contributed by atoms with E-state index in [9.17, 15) is 4.39 Å². The van der Waals surface area contributed by atoms with E-state index in [1.54, 1.807) is 6.07 Å². The lowest BCUT2D eigenvalue weighted by molar-refractivity contribution is 0.565. The van der Waals surface area contributed by atoms with Crippen molar-refractivity contribution >= 4 is 27.3 Å². The van der Waals surface area contributed by atoms with Gasteiger partial charge in [0.2, 0.25) is 0 Å². The number of benzene rings is 1. The highest BCUT2D eigenvalue weighted by Crippen LogP contribution is 2.38. The van der Waals surface area contributed by atoms with Gasteiger partial charge >= 0.3 is 0 Å². The topological polar surface area (TPSA) is 15.3 Å². The van der Waals surface area contributed by atoms with E-state index in [1.807, 2.05) is 18.4 Å². The number of hydrogen-bond acceptors (Lipinski definition) is 3. The molecule has 0 spiro atoms. The summed E-state index contributed by atoms with van der Waals surface area (Å²) >= 11 is 4.37.